The molecule has 1 aromatic carbocycles. The smallest absolute Gasteiger partial charge is 0.341 e. The molecule has 0 bridgehead atoms. The Balaban J connectivity index is 2.59. The maximum absolute atomic E-state index is 14.8. The molecule has 11 heteroatoms. The Labute approximate surface area is 147 Å². The monoisotopic (exact) mass is 382 g/mol. The van der Waals surface area contributed by atoms with E-state index in [4.69, 9.17) is 5.73 Å². The number of aromatic carboxylic acids is 1. The first-order valence-electron chi connectivity index (χ1n) is 7.27. The van der Waals surface area contributed by atoms with Gasteiger partial charge in [0.05, 0.1) is 10.9 Å². The molecule has 0 unspecified atom stereocenters. The number of pyridine rings is 2. The number of nitrogens with one attached hydrogen (secondary N) is 1. The number of carbonyl (C=O) groups is 1. The minimum Gasteiger partial charge on any atom is -0.477 e. The van der Waals surface area contributed by atoms with E-state index in [2.05, 4.69) is 10.3 Å². The summed E-state index contributed by atoms with van der Waals surface area (Å²) >= 11 is 0. The van der Waals surface area contributed by atoms with E-state index in [1.807, 2.05) is 0 Å². The summed E-state index contributed by atoms with van der Waals surface area (Å²) < 4.78 is 57.1. The summed E-state index contributed by atoms with van der Waals surface area (Å²) in [4.78, 5) is 27.1. The van der Waals surface area contributed by atoms with E-state index in [9.17, 15) is 32.3 Å². The van der Waals surface area contributed by atoms with Gasteiger partial charge in [0.25, 0.3) is 0 Å². The number of hydrogen-bond donors (Lipinski definition) is 3. The zero-order valence-corrected chi connectivity index (χ0v) is 13.5. The van der Waals surface area contributed by atoms with Crippen molar-refractivity contribution in [3.8, 4) is 5.82 Å². The van der Waals surface area contributed by atoms with Crippen molar-refractivity contribution in [2.45, 2.75) is 0 Å². The van der Waals surface area contributed by atoms with E-state index in [0.29, 0.717) is 22.9 Å². The zero-order valence-electron chi connectivity index (χ0n) is 13.5. The number of anilines is 2. The highest BCUT2D eigenvalue weighted by molar-refractivity contribution is 5.94. The summed E-state index contributed by atoms with van der Waals surface area (Å²) in [6.07, 6.45) is 0.607. The zero-order chi connectivity index (χ0) is 20.0. The van der Waals surface area contributed by atoms with Crippen molar-refractivity contribution in [1.82, 2.24) is 9.55 Å². The summed E-state index contributed by atoms with van der Waals surface area (Å²) in [5.74, 6) is -8.20. The molecule has 0 aliphatic rings. The third-order valence-corrected chi connectivity index (χ3v) is 3.83. The van der Waals surface area contributed by atoms with Gasteiger partial charge in [-0.15, -0.1) is 0 Å². The van der Waals surface area contributed by atoms with Crippen molar-refractivity contribution >= 4 is 28.4 Å². The maximum Gasteiger partial charge on any atom is 0.341 e. The van der Waals surface area contributed by atoms with Gasteiger partial charge in [0.2, 0.25) is 5.43 Å². The summed E-state index contributed by atoms with van der Waals surface area (Å²) in [6.45, 7) is 0. The van der Waals surface area contributed by atoms with Gasteiger partial charge in [-0.2, -0.15) is 0 Å². The van der Waals surface area contributed by atoms with Crippen LogP contribution in [0.15, 0.2) is 23.1 Å². The van der Waals surface area contributed by atoms with Crippen LogP contribution in [0.25, 0.3) is 16.7 Å². The lowest BCUT2D eigenvalue weighted by molar-refractivity contribution is 0.0695. The van der Waals surface area contributed by atoms with Gasteiger partial charge in [-0.25, -0.2) is 27.3 Å². The van der Waals surface area contributed by atoms with Gasteiger partial charge >= 0.3 is 5.97 Å². The second kappa shape index (κ2) is 6.27. The number of carboxylic acid groups (broad SMARTS) is 1. The molecule has 0 saturated heterocycles. The third kappa shape index (κ3) is 2.72. The first-order chi connectivity index (χ1) is 12.7. The van der Waals surface area contributed by atoms with Crippen molar-refractivity contribution in [3.63, 3.8) is 0 Å². The van der Waals surface area contributed by atoms with Crippen LogP contribution in [0.1, 0.15) is 10.4 Å². The minimum atomic E-state index is -1.72. The fourth-order valence-corrected chi connectivity index (χ4v) is 2.60. The van der Waals surface area contributed by atoms with E-state index in [-0.39, 0.29) is 0 Å². The molecule has 0 atom stereocenters. The molecule has 0 radical (unpaired) electrons. The quantitative estimate of drug-likeness (QED) is 0.600. The Morgan fingerprint density at radius 1 is 1.19 bits per heavy atom. The lowest BCUT2D eigenvalue weighted by Crippen LogP contribution is -2.21. The number of halogens is 4. The molecule has 3 aromatic rings. The van der Waals surface area contributed by atoms with Crippen LogP contribution in [-0.4, -0.2) is 27.7 Å². The van der Waals surface area contributed by atoms with Crippen LogP contribution < -0.4 is 16.5 Å². The average Bonchev–Trinajstić information content (AvgIpc) is 2.59. The number of hydrogen-bond acceptors (Lipinski definition) is 5. The molecule has 7 nitrogen and oxygen atoms in total. The van der Waals surface area contributed by atoms with Gasteiger partial charge < -0.3 is 16.2 Å². The second-order valence-electron chi connectivity index (χ2n) is 5.40. The molecule has 27 heavy (non-hydrogen) atoms. The van der Waals surface area contributed by atoms with Crippen LogP contribution in [0, 0.1) is 23.3 Å². The second-order valence-corrected chi connectivity index (χ2v) is 5.40. The highest BCUT2D eigenvalue weighted by Crippen LogP contribution is 2.29. The Bertz CT molecular complexity index is 1180. The number of rotatable bonds is 3. The highest BCUT2D eigenvalue weighted by atomic mass is 19.1. The lowest BCUT2D eigenvalue weighted by Gasteiger charge is -2.15. The van der Waals surface area contributed by atoms with Crippen molar-refractivity contribution in [2.24, 2.45) is 0 Å². The fourth-order valence-electron chi connectivity index (χ4n) is 2.60. The number of carboxylic acids is 1. The molecule has 0 spiro atoms. The van der Waals surface area contributed by atoms with Crippen LogP contribution >= 0.6 is 0 Å². The van der Waals surface area contributed by atoms with E-state index in [1.165, 1.54) is 7.05 Å². The van der Waals surface area contributed by atoms with Gasteiger partial charge in [0, 0.05) is 19.3 Å². The molecule has 3 rings (SSSR count). The molecule has 4 N–H and O–H groups in total. The fraction of sp³-hybridized carbons (Fsp3) is 0.0625. The standard InChI is InChI=1S/C16H10F4N4O3/c1-22-11-7(17)2-5-12(10(11)20)24(4-6(13(5)25)16(26)27)15-9(19)3-8(18)14(21)23-15/h2-4,22H,1H3,(H2,21,23)(H,26,27). The van der Waals surface area contributed by atoms with Crippen LogP contribution in [0.4, 0.5) is 29.1 Å². The van der Waals surface area contributed by atoms with Gasteiger partial charge in [0.1, 0.15) is 17.1 Å². The topological polar surface area (TPSA) is 110 Å². The van der Waals surface area contributed by atoms with Crippen molar-refractivity contribution in [1.29, 1.82) is 0 Å². The molecule has 0 fully saturated rings. The third-order valence-electron chi connectivity index (χ3n) is 3.83. The molecular formula is C16H10F4N4O3. The van der Waals surface area contributed by atoms with E-state index >= 15 is 0 Å². The Hall–Kier alpha value is -3.63. The average molecular weight is 382 g/mol. The van der Waals surface area contributed by atoms with Gasteiger partial charge in [0.15, 0.2) is 29.1 Å². The van der Waals surface area contributed by atoms with E-state index < -0.39 is 68.5 Å². The van der Waals surface area contributed by atoms with Crippen molar-refractivity contribution in [2.75, 3.05) is 18.1 Å². The van der Waals surface area contributed by atoms with Crippen molar-refractivity contribution in [3.05, 3.63) is 57.4 Å². The Kier molecular flexibility index (Phi) is 4.22. The summed E-state index contributed by atoms with van der Waals surface area (Å²) in [5.41, 5.74) is 1.91. The SMILES string of the molecule is CNc1c(F)cc2c(=O)c(C(=O)O)cn(-c3nc(N)c(F)cc3F)c2c1F. The van der Waals surface area contributed by atoms with Gasteiger partial charge in [-0.05, 0) is 6.07 Å². The highest BCUT2D eigenvalue weighted by Gasteiger charge is 2.24. The first kappa shape index (κ1) is 18.2. The number of nitrogens with zero attached hydrogens (tertiary/aromatic N) is 2. The molecule has 2 heterocycles. The number of fused-ring (bicyclic) bond motifs is 1. The van der Waals surface area contributed by atoms with Crippen LogP contribution in [0.2, 0.25) is 0 Å². The molecule has 140 valence electrons. The molecule has 0 saturated carbocycles. The normalized spacial score (nSPS) is 11.0. The largest absolute Gasteiger partial charge is 0.477 e. The number of aromatic nitrogens is 2. The molecule has 0 aliphatic heterocycles. The molecule has 2 aromatic heterocycles. The summed E-state index contributed by atoms with van der Waals surface area (Å²) in [5, 5.41) is 10.8. The van der Waals surface area contributed by atoms with Gasteiger partial charge in [-0.3, -0.25) is 9.36 Å². The number of nitrogen functional groups attached to an aromatic ring is 1. The predicted octanol–water partition coefficient (Wildman–Crippen LogP) is 2.26. The van der Waals surface area contributed by atoms with E-state index in [1.54, 1.807) is 0 Å². The predicted molar refractivity (Wildman–Crippen MR) is 88.1 cm³/mol. The van der Waals surface area contributed by atoms with Crippen molar-refractivity contribution < 1.29 is 27.5 Å². The maximum atomic E-state index is 14.8. The first-order valence-corrected chi connectivity index (χ1v) is 7.27. The van der Waals surface area contributed by atoms with Crippen LogP contribution in [0.5, 0.6) is 0 Å². The molecule has 0 aliphatic carbocycles. The Morgan fingerprint density at radius 3 is 2.44 bits per heavy atom. The minimum absolute atomic E-state index is 0.364. The van der Waals surface area contributed by atoms with Crippen LogP contribution in [0.3, 0.4) is 0 Å². The summed E-state index contributed by atoms with van der Waals surface area (Å²) in [6, 6.07) is 0.975. The van der Waals surface area contributed by atoms with E-state index in [0.717, 1.165) is 0 Å². The summed E-state index contributed by atoms with van der Waals surface area (Å²) in [7, 11) is 1.20. The molecular weight excluding hydrogens is 372 g/mol. The van der Waals surface area contributed by atoms with Gasteiger partial charge in [-0.1, -0.05) is 0 Å². The lowest BCUT2D eigenvalue weighted by atomic mass is 10.1. The molecule has 0 amide bonds. The number of nitrogens with two attached hydrogens (primary N) is 1. The number of benzene rings is 1. The Morgan fingerprint density at radius 2 is 1.85 bits per heavy atom. The van der Waals surface area contributed by atoms with Crippen LogP contribution in [-0.2, 0) is 0 Å².